The van der Waals surface area contributed by atoms with Crippen LogP contribution in [-0.4, -0.2) is 44.4 Å². The number of fused-ring (bicyclic) bond motifs is 1. The van der Waals surface area contributed by atoms with Crippen LogP contribution in [0.4, 0.5) is 11.4 Å². The second-order valence-corrected chi connectivity index (χ2v) is 7.52. The highest BCUT2D eigenvalue weighted by molar-refractivity contribution is 5.96. The molecule has 0 radical (unpaired) electrons. The average molecular weight is 409 g/mol. The molecular weight excluding hydrogens is 386 g/mol. The normalized spacial score (nSPS) is 16.4. The smallest absolute Gasteiger partial charge is 0.319 e. The number of hydrogen-bond acceptors (Lipinski definition) is 5. The van der Waals surface area contributed by atoms with Crippen LogP contribution in [0.2, 0.25) is 0 Å². The Hall–Kier alpha value is -3.46. The molecule has 2 N–H and O–H groups in total. The molecular formula is C21H23N5O4. The van der Waals surface area contributed by atoms with E-state index in [4.69, 9.17) is 0 Å². The van der Waals surface area contributed by atoms with Gasteiger partial charge in [0.1, 0.15) is 5.69 Å². The number of likely N-dealkylation sites (tertiary alicyclic amines) is 1. The highest BCUT2D eigenvalue weighted by atomic mass is 16.6. The molecule has 9 heteroatoms. The Morgan fingerprint density at radius 1 is 1.17 bits per heavy atom. The SMILES string of the molecule is C[C@@H](C(=O)Nc1ccccc1[N+](=O)[O-])N1CCC(n2c(=O)[nH]c3ccccc32)CC1. The number of carbonyl (C=O) groups excluding carboxylic acids is 1. The van der Waals surface area contributed by atoms with Gasteiger partial charge >= 0.3 is 5.69 Å². The summed E-state index contributed by atoms with van der Waals surface area (Å²) in [6.07, 6.45) is 1.48. The van der Waals surface area contributed by atoms with Crippen LogP contribution in [0.15, 0.2) is 53.3 Å². The van der Waals surface area contributed by atoms with E-state index in [9.17, 15) is 19.7 Å². The molecule has 30 heavy (non-hydrogen) atoms. The molecule has 0 saturated carbocycles. The van der Waals surface area contributed by atoms with Gasteiger partial charge in [-0.15, -0.1) is 0 Å². The number of aromatic amines is 1. The minimum Gasteiger partial charge on any atom is -0.319 e. The molecule has 1 amide bonds. The van der Waals surface area contributed by atoms with Gasteiger partial charge < -0.3 is 10.3 Å². The zero-order valence-corrected chi connectivity index (χ0v) is 16.6. The second-order valence-electron chi connectivity index (χ2n) is 7.52. The summed E-state index contributed by atoms with van der Waals surface area (Å²) in [5.74, 6) is -0.285. The van der Waals surface area contributed by atoms with Gasteiger partial charge in [0.05, 0.1) is 22.0 Å². The standard InChI is InChI=1S/C21H23N5O4/c1-14(20(27)22-17-7-3-5-9-19(17)26(29)30)24-12-10-15(11-13-24)25-18-8-4-2-6-16(18)23-21(25)28/h2-9,14-15H,10-13H2,1H3,(H,22,27)(H,23,28)/t14-/m0/s1. The first kappa shape index (κ1) is 19.8. The molecule has 1 saturated heterocycles. The van der Waals surface area contributed by atoms with Crippen molar-refractivity contribution in [1.29, 1.82) is 0 Å². The van der Waals surface area contributed by atoms with Crippen LogP contribution in [0.5, 0.6) is 0 Å². The zero-order chi connectivity index (χ0) is 21.3. The number of carbonyl (C=O) groups is 1. The van der Waals surface area contributed by atoms with E-state index in [1.807, 2.05) is 33.7 Å². The third kappa shape index (κ3) is 3.71. The number of aromatic nitrogens is 2. The van der Waals surface area contributed by atoms with Crippen LogP contribution >= 0.6 is 0 Å². The number of piperidine rings is 1. The first-order valence-electron chi connectivity index (χ1n) is 9.93. The van der Waals surface area contributed by atoms with Crippen LogP contribution in [0.25, 0.3) is 11.0 Å². The summed E-state index contributed by atoms with van der Waals surface area (Å²) in [7, 11) is 0. The van der Waals surface area contributed by atoms with E-state index in [2.05, 4.69) is 10.3 Å². The Bertz CT molecular complexity index is 1140. The summed E-state index contributed by atoms with van der Waals surface area (Å²) in [5.41, 5.74) is 1.66. The number of hydrogen-bond donors (Lipinski definition) is 2. The molecule has 1 aliphatic heterocycles. The Labute approximate surface area is 172 Å². The number of nitro benzene ring substituents is 1. The number of benzene rings is 2. The molecule has 0 unspecified atom stereocenters. The largest absolute Gasteiger partial charge is 0.326 e. The van der Waals surface area contributed by atoms with Gasteiger partial charge in [-0.25, -0.2) is 4.79 Å². The van der Waals surface area contributed by atoms with Crippen molar-refractivity contribution < 1.29 is 9.72 Å². The van der Waals surface area contributed by atoms with E-state index < -0.39 is 11.0 Å². The van der Waals surface area contributed by atoms with Gasteiger partial charge in [-0.2, -0.15) is 0 Å². The highest BCUT2D eigenvalue weighted by Gasteiger charge is 2.29. The van der Waals surface area contributed by atoms with E-state index >= 15 is 0 Å². The molecule has 3 aromatic rings. The lowest BCUT2D eigenvalue weighted by atomic mass is 10.0. The monoisotopic (exact) mass is 409 g/mol. The summed E-state index contributed by atoms with van der Waals surface area (Å²) in [6.45, 7) is 3.10. The van der Waals surface area contributed by atoms with Crippen LogP contribution in [0, 0.1) is 10.1 Å². The number of anilines is 1. The zero-order valence-electron chi connectivity index (χ0n) is 16.6. The van der Waals surface area contributed by atoms with Crippen molar-refractivity contribution in [3.8, 4) is 0 Å². The number of nitrogens with one attached hydrogen (secondary N) is 2. The fourth-order valence-electron chi connectivity index (χ4n) is 4.11. The van der Waals surface area contributed by atoms with Crippen molar-refractivity contribution in [2.75, 3.05) is 18.4 Å². The fraction of sp³-hybridized carbons (Fsp3) is 0.333. The maximum absolute atomic E-state index is 12.7. The predicted molar refractivity (Wildman–Crippen MR) is 114 cm³/mol. The summed E-state index contributed by atoms with van der Waals surface area (Å²) in [5, 5.41) is 13.8. The minimum atomic E-state index is -0.509. The molecule has 156 valence electrons. The van der Waals surface area contributed by atoms with Crippen LogP contribution < -0.4 is 11.0 Å². The van der Waals surface area contributed by atoms with Crippen molar-refractivity contribution in [3.63, 3.8) is 0 Å². The molecule has 0 spiro atoms. The van der Waals surface area contributed by atoms with E-state index in [0.717, 1.165) is 23.9 Å². The predicted octanol–water partition coefficient (Wildman–Crippen LogP) is 2.90. The first-order valence-corrected chi connectivity index (χ1v) is 9.93. The molecule has 4 rings (SSSR count). The van der Waals surface area contributed by atoms with Gasteiger partial charge in [-0.3, -0.25) is 24.4 Å². The van der Waals surface area contributed by atoms with Gasteiger partial charge in [0.25, 0.3) is 5.69 Å². The number of nitro groups is 1. The van der Waals surface area contributed by atoms with Gasteiger partial charge in [0, 0.05) is 25.2 Å². The molecule has 0 aliphatic carbocycles. The first-order chi connectivity index (χ1) is 14.5. The molecule has 9 nitrogen and oxygen atoms in total. The molecule has 1 fully saturated rings. The maximum Gasteiger partial charge on any atom is 0.326 e. The van der Waals surface area contributed by atoms with Crippen LogP contribution in [0.3, 0.4) is 0 Å². The lowest BCUT2D eigenvalue weighted by Crippen LogP contribution is -2.47. The van der Waals surface area contributed by atoms with Crippen LogP contribution in [0.1, 0.15) is 25.8 Å². The van der Waals surface area contributed by atoms with Gasteiger partial charge in [0.2, 0.25) is 5.91 Å². The molecule has 1 aliphatic rings. The van der Waals surface area contributed by atoms with Crippen molar-refractivity contribution in [1.82, 2.24) is 14.5 Å². The van der Waals surface area contributed by atoms with E-state index in [1.165, 1.54) is 12.1 Å². The Kier molecular flexibility index (Phi) is 5.37. The number of imidazole rings is 1. The Balaban J connectivity index is 1.43. The highest BCUT2D eigenvalue weighted by Crippen LogP contribution is 2.27. The second kappa shape index (κ2) is 8.11. The lowest BCUT2D eigenvalue weighted by Gasteiger charge is -2.35. The Morgan fingerprint density at radius 2 is 1.83 bits per heavy atom. The number of amides is 1. The van der Waals surface area contributed by atoms with Gasteiger partial charge in [0.15, 0.2) is 0 Å². The fourth-order valence-corrected chi connectivity index (χ4v) is 4.11. The van der Waals surface area contributed by atoms with Crippen molar-refractivity contribution in [2.24, 2.45) is 0 Å². The van der Waals surface area contributed by atoms with Crippen molar-refractivity contribution in [2.45, 2.75) is 31.8 Å². The van der Waals surface area contributed by atoms with Gasteiger partial charge in [-0.05, 0) is 38.0 Å². The number of rotatable bonds is 5. The van der Waals surface area contributed by atoms with Crippen LogP contribution in [-0.2, 0) is 4.79 Å². The average Bonchev–Trinajstić information content (AvgIpc) is 3.09. The summed E-state index contributed by atoms with van der Waals surface area (Å²) in [4.78, 5) is 40.7. The molecule has 1 aromatic heterocycles. The summed E-state index contributed by atoms with van der Waals surface area (Å²) >= 11 is 0. The third-order valence-electron chi connectivity index (χ3n) is 5.77. The van der Waals surface area contributed by atoms with E-state index in [0.29, 0.717) is 13.1 Å². The van der Waals surface area contributed by atoms with Gasteiger partial charge in [-0.1, -0.05) is 24.3 Å². The molecule has 1 atom stereocenters. The summed E-state index contributed by atoms with van der Waals surface area (Å²) in [6, 6.07) is 13.4. The number of nitrogens with zero attached hydrogens (tertiary/aromatic N) is 3. The molecule has 0 bridgehead atoms. The van der Waals surface area contributed by atoms with Crippen molar-refractivity contribution in [3.05, 3.63) is 69.1 Å². The minimum absolute atomic E-state index is 0.0652. The van der Waals surface area contributed by atoms with E-state index in [1.54, 1.807) is 19.1 Å². The lowest BCUT2D eigenvalue weighted by molar-refractivity contribution is -0.383. The van der Waals surface area contributed by atoms with E-state index in [-0.39, 0.29) is 29.0 Å². The quantitative estimate of drug-likeness (QED) is 0.497. The number of para-hydroxylation sites is 4. The Morgan fingerprint density at radius 3 is 2.57 bits per heavy atom. The molecule has 2 heterocycles. The maximum atomic E-state index is 12.7. The third-order valence-corrected chi connectivity index (χ3v) is 5.77. The molecule has 2 aromatic carbocycles. The summed E-state index contributed by atoms with van der Waals surface area (Å²) < 4.78 is 1.81. The number of H-pyrrole nitrogens is 1. The topological polar surface area (TPSA) is 113 Å². The van der Waals surface area contributed by atoms with Crippen molar-refractivity contribution >= 4 is 28.3 Å².